The van der Waals surface area contributed by atoms with Gasteiger partial charge in [0.2, 0.25) is 0 Å². The van der Waals surface area contributed by atoms with Crippen molar-refractivity contribution < 1.29 is 9.53 Å². The van der Waals surface area contributed by atoms with Crippen LogP contribution in [0.3, 0.4) is 0 Å². The first-order valence-corrected chi connectivity index (χ1v) is 13.2. The van der Waals surface area contributed by atoms with E-state index in [4.69, 9.17) is 9.72 Å². The third kappa shape index (κ3) is 4.12. The summed E-state index contributed by atoms with van der Waals surface area (Å²) in [5.74, 6) is -0.628. The molecule has 3 aromatic carbocycles. The molecule has 0 unspecified atom stereocenters. The zero-order chi connectivity index (χ0) is 27.5. The maximum atomic E-state index is 13.5. The Morgan fingerprint density at radius 3 is 1.90 bits per heavy atom. The van der Waals surface area contributed by atoms with Gasteiger partial charge in [-0.15, -0.1) is 0 Å². The lowest BCUT2D eigenvalue weighted by molar-refractivity contribution is 0.0527. The standard InChI is InChI=1S/C33H28N4O3/c1-2-40-32(39)30-29-20-12-13-21-36(29)37(31(30)38)23-28-22-35(24-34-28)33(25-14-6-3-7-15-25,26-16-8-4-9-17-26)27-18-10-5-11-19-27/h3-22,24H,2,23H2,1H3. The molecule has 3 heterocycles. The highest BCUT2D eigenvalue weighted by Crippen LogP contribution is 2.40. The summed E-state index contributed by atoms with van der Waals surface area (Å²) < 4.78 is 10.5. The van der Waals surface area contributed by atoms with Crippen LogP contribution in [-0.4, -0.2) is 31.3 Å². The van der Waals surface area contributed by atoms with Crippen LogP contribution in [0.1, 0.15) is 39.7 Å². The molecule has 0 aliphatic rings. The fourth-order valence-electron chi connectivity index (χ4n) is 5.49. The van der Waals surface area contributed by atoms with Gasteiger partial charge in [-0.3, -0.25) is 9.31 Å². The molecule has 40 heavy (non-hydrogen) atoms. The predicted molar refractivity (Wildman–Crippen MR) is 154 cm³/mol. The van der Waals surface area contributed by atoms with E-state index >= 15 is 0 Å². The molecule has 0 saturated heterocycles. The number of esters is 1. The Labute approximate surface area is 231 Å². The minimum Gasteiger partial charge on any atom is -0.462 e. The summed E-state index contributed by atoms with van der Waals surface area (Å²) in [5, 5.41) is 0. The topological polar surface area (TPSA) is 70.5 Å². The quantitative estimate of drug-likeness (QED) is 0.197. The maximum absolute atomic E-state index is 13.5. The lowest BCUT2D eigenvalue weighted by atomic mass is 9.77. The number of hydrogen-bond acceptors (Lipinski definition) is 4. The second-order valence-corrected chi connectivity index (χ2v) is 9.47. The molecule has 0 N–H and O–H groups in total. The number of rotatable bonds is 8. The van der Waals surface area contributed by atoms with Crippen molar-refractivity contribution >= 4 is 11.5 Å². The first-order valence-electron chi connectivity index (χ1n) is 13.2. The molecule has 6 rings (SSSR count). The van der Waals surface area contributed by atoms with Gasteiger partial charge in [-0.2, -0.15) is 0 Å². The van der Waals surface area contributed by atoms with E-state index in [1.165, 1.54) is 4.68 Å². The molecule has 198 valence electrons. The Morgan fingerprint density at radius 1 is 0.800 bits per heavy atom. The number of nitrogens with zero attached hydrogens (tertiary/aromatic N) is 4. The number of hydrogen-bond donors (Lipinski definition) is 0. The molecule has 0 aliphatic heterocycles. The van der Waals surface area contributed by atoms with Crippen LogP contribution in [0.4, 0.5) is 0 Å². The van der Waals surface area contributed by atoms with Crippen LogP contribution < -0.4 is 5.56 Å². The Hall–Kier alpha value is -5.17. The average Bonchev–Trinajstić information content (AvgIpc) is 3.58. The molecule has 3 aromatic heterocycles. The number of carbonyl (C=O) groups is 1. The van der Waals surface area contributed by atoms with E-state index in [0.717, 1.165) is 16.7 Å². The van der Waals surface area contributed by atoms with Crippen LogP contribution >= 0.6 is 0 Å². The Bertz CT molecular complexity index is 1720. The SMILES string of the molecule is CCOC(=O)c1c(=O)n(Cc2cn(C(c3ccccc3)(c3ccccc3)c3ccccc3)cn2)n2ccccc12. The molecule has 0 bridgehead atoms. The molecule has 6 aromatic rings. The van der Waals surface area contributed by atoms with Crippen molar-refractivity contribution in [3.05, 3.63) is 166 Å². The van der Waals surface area contributed by atoms with E-state index in [1.54, 1.807) is 29.8 Å². The van der Waals surface area contributed by atoms with Crippen molar-refractivity contribution in [1.82, 2.24) is 18.7 Å². The summed E-state index contributed by atoms with van der Waals surface area (Å²) in [7, 11) is 0. The molecule has 0 atom stereocenters. The monoisotopic (exact) mass is 528 g/mol. The number of benzene rings is 3. The first kappa shape index (κ1) is 25.1. The minimum absolute atomic E-state index is 0.0223. The van der Waals surface area contributed by atoms with Gasteiger partial charge in [0, 0.05) is 12.4 Å². The molecule has 0 radical (unpaired) electrons. The van der Waals surface area contributed by atoms with Crippen molar-refractivity contribution in [3.63, 3.8) is 0 Å². The highest BCUT2D eigenvalue weighted by atomic mass is 16.5. The Kier molecular flexibility index (Phi) is 6.62. The summed E-state index contributed by atoms with van der Waals surface area (Å²) in [6.07, 6.45) is 5.56. The Morgan fingerprint density at radius 2 is 1.35 bits per heavy atom. The maximum Gasteiger partial charge on any atom is 0.346 e. The van der Waals surface area contributed by atoms with Gasteiger partial charge >= 0.3 is 5.97 Å². The summed E-state index contributed by atoms with van der Waals surface area (Å²) in [4.78, 5) is 30.9. The zero-order valence-corrected chi connectivity index (χ0v) is 22.1. The number of carbonyl (C=O) groups excluding carboxylic acids is 1. The summed E-state index contributed by atoms with van der Waals surface area (Å²) in [6.45, 7) is 2.08. The third-order valence-corrected chi connectivity index (χ3v) is 7.19. The first-order chi connectivity index (χ1) is 19.6. The van der Waals surface area contributed by atoms with Crippen LogP contribution in [0, 0.1) is 0 Å². The van der Waals surface area contributed by atoms with Gasteiger partial charge in [0.15, 0.2) is 5.56 Å². The normalized spacial score (nSPS) is 11.5. The van der Waals surface area contributed by atoms with Crippen LogP contribution in [-0.2, 0) is 16.8 Å². The van der Waals surface area contributed by atoms with Crippen LogP contribution in [0.15, 0.2) is 133 Å². The number of pyridine rings is 1. The zero-order valence-electron chi connectivity index (χ0n) is 22.1. The smallest absolute Gasteiger partial charge is 0.346 e. The van der Waals surface area contributed by atoms with E-state index in [2.05, 4.69) is 41.0 Å². The van der Waals surface area contributed by atoms with E-state index < -0.39 is 17.1 Å². The van der Waals surface area contributed by atoms with E-state index in [0.29, 0.717) is 11.2 Å². The van der Waals surface area contributed by atoms with Crippen molar-refractivity contribution in [3.8, 4) is 0 Å². The summed E-state index contributed by atoms with van der Waals surface area (Å²) >= 11 is 0. The van der Waals surface area contributed by atoms with Gasteiger partial charge in [0.1, 0.15) is 5.54 Å². The van der Waals surface area contributed by atoms with Crippen molar-refractivity contribution in [1.29, 1.82) is 0 Å². The summed E-state index contributed by atoms with van der Waals surface area (Å²) in [5.41, 5.74) is 3.29. The van der Waals surface area contributed by atoms with Gasteiger partial charge in [-0.25, -0.2) is 14.5 Å². The molecule has 0 fully saturated rings. The van der Waals surface area contributed by atoms with Gasteiger partial charge in [-0.1, -0.05) is 97.1 Å². The van der Waals surface area contributed by atoms with Crippen LogP contribution in [0.25, 0.3) is 5.52 Å². The fraction of sp³-hybridized carbons (Fsp3) is 0.121. The van der Waals surface area contributed by atoms with Gasteiger partial charge < -0.3 is 9.30 Å². The van der Waals surface area contributed by atoms with Crippen LogP contribution in [0.5, 0.6) is 0 Å². The number of imidazole rings is 1. The minimum atomic E-state index is -0.711. The predicted octanol–water partition coefficient (Wildman–Crippen LogP) is 5.36. The molecule has 0 aliphatic carbocycles. The third-order valence-electron chi connectivity index (χ3n) is 7.19. The largest absolute Gasteiger partial charge is 0.462 e. The lowest BCUT2D eigenvalue weighted by Crippen LogP contribution is -2.37. The highest BCUT2D eigenvalue weighted by Gasteiger charge is 2.38. The number of fused-ring (bicyclic) bond motifs is 1. The molecule has 0 amide bonds. The molecular formula is C33H28N4O3. The second kappa shape index (κ2) is 10.5. The molecule has 0 saturated carbocycles. The second-order valence-electron chi connectivity index (χ2n) is 9.47. The average molecular weight is 529 g/mol. The van der Waals surface area contributed by atoms with Crippen LogP contribution in [0.2, 0.25) is 0 Å². The van der Waals surface area contributed by atoms with E-state index in [1.807, 2.05) is 73.2 Å². The van der Waals surface area contributed by atoms with Gasteiger partial charge in [0.25, 0.3) is 5.56 Å². The lowest BCUT2D eigenvalue weighted by Gasteiger charge is -2.37. The molecule has 7 heteroatoms. The van der Waals surface area contributed by atoms with E-state index in [9.17, 15) is 9.59 Å². The van der Waals surface area contributed by atoms with Crippen molar-refractivity contribution in [2.75, 3.05) is 6.61 Å². The van der Waals surface area contributed by atoms with Crippen molar-refractivity contribution in [2.24, 2.45) is 0 Å². The van der Waals surface area contributed by atoms with Crippen molar-refractivity contribution in [2.45, 2.75) is 19.0 Å². The Balaban J connectivity index is 1.52. The molecule has 0 spiro atoms. The molecular weight excluding hydrogens is 500 g/mol. The molecule has 7 nitrogen and oxygen atoms in total. The van der Waals surface area contributed by atoms with Gasteiger partial charge in [0.05, 0.1) is 30.7 Å². The fourth-order valence-corrected chi connectivity index (χ4v) is 5.49. The highest BCUT2D eigenvalue weighted by molar-refractivity contribution is 5.96. The summed E-state index contributed by atoms with van der Waals surface area (Å²) in [6, 6.07) is 36.3. The van der Waals surface area contributed by atoms with Gasteiger partial charge in [-0.05, 0) is 35.7 Å². The number of ether oxygens (including phenoxy) is 1. The van der Waals surface area contributed by atoms with E-state index in [-0.39, 0.29) is 18.7 Å². The number of aromatic nitrogens is 4.